The second-order valence-corrected chi connectivity index (χ2v) is 5.42. The van der Waals surface area contributed by atoms with Gasteiger partial charge in [-0.1, -0.05) is 30.3 Å². The van der Waals surface area contributed by atoms with E-state index >= 15 is 0 Å². The third-order valence-corrected chi connectivity index (χ3v) is 3.18. The molecule has 1 amide bonds. The Labute approximate surface area is 137 Å². The number of quaternary nitrogens is 1. The van der Waals surface area contributed by atoms with E-state index in [-0.39, 0.29) is 18.2 Å². The van der Waals surface area contributed by atoms with Crippen LogP contribution in [0.15, 0.2) is 54.6 Å². The van der Waals surface area contributed by atoms with E-state index in [1.54, 1.807) is 0 Å². The normalized spacial score (nSPS) is 12.5. The van der Waals surface area contributed by atoms with Crippen LogP contribution in [0.2, 0.25) is 0 Å². The third kappa shape index (κ3) is 6.29. The molecule has 0 aliphatic rings. The first-order valence-electron chi connectivity index (χ1n) is 7.33. The first kappa shape index (κ1) is 17.8. The average Bonchev–Trinajstić information content (AvgIpc) is 2.48. The molecule has 0 saturated heterocycles. The van der Waals surface area contributed by atoms with Crippen LogP contribution in [0.3, 0.4) is 0 Å². The van der Waals surface area contributed by atoms with E-state index in [0.717, 1.165) is 22.6 Å². The van der Waals surface area contributed by atoms with Crippen LogP contribution in [-0.4, -0.2) is 25.9 Å². The molecule has 2 rings (SSSR count). The summed E-state index contributed by atoms with van der Waals surface area (Å²) < 4.78 is 40.0. The second kappa shape index (κ2) is 7.83. The number of alkyl halides is 3. The van der Waals surface area contributed by atoms with Gasteiger partial charge in [-0.15, -0.1) is 13.2 Å². The van der Waals surface area contributed by atoms with Crippen molar-refractivity contribution in [2.75, 3.05) is 18.9 Å². The van der Waals surface area contributed by atoms with E-state index in [9.17, 15) is 18.0 Å². The first-order chi connectivity index (χ1) is 11.3. The largest absolute Gasteiger partial charge is 0.573 e. The predicted molar refractivity (Wildman–Crippen MR) is 83.7 cm³/mol. The molecule has 1 unspecified atom stereocenters. The molecular weight excluding hydrogens is 321 g/mol. The Kier molecular flexibility index (Phi) is 5.81. The quantitative estimate of drug-likeness (QED) is 0.848. The van der Waals surface area contributed by atoms with Gasteiger partial charge in [-0.2, -0.15) is 0 Å². The number of rotatable bonds is 6. The topological polar surface area (TPSA) is 42.8 Å². The van der Waals surface area contributed by atoms with Crippen molar-refractivity contribution in [3.8, 4) is 5.75 Å². The smallest absolute Gasteiger partial charge is 0.406 e. The van der Waals surface area contributed by atoms with E-state index in [4.69, 9.17) is 0 Å². The number of hydrogen-bond acceptors (Lipinski definition) is 2. The molecule has 128 valence electrons. The van der Waals surface area contributed by atoms with Crippen molar-refractivity contribution >= 4 is 11.6 Å². The number of benzene rings is 2. The molecular formula is C17H18F3N2O2+. The number of likely N-dealkylation sites (N-methyl/N-ethyl adjacent to an activating group) is 1. The van der Waals surface area contributed by atoms with E-state index in [0.29, 0.717) is 12.2 Å². The summed E-state index contributed by atoms with van der Waals surface area (Å²) in [6.45, 7) is 0.947. The van der Waals surface area contributed by atoms with Gasteiger partial charge in [-0.05, 0) is 24.3 Å². The first-order valence-corrected chi connectivity index (χ1v) is 7.33. The van der Waals surface area contributed by atoms with Crippen molar-refractivity contribution in [1.29, 1.82) is 0 Å². The standard InChI is InChI=1S/C17H17F3N2O2/c1-22(11-13-5-3-2-4-6-13)12-16(23)21-14-7-9-15(10-8-14)24-17(18,19)20/h2-10H,11-12H2,1H3,(H,21,23)/p+1. The highest BCUT2D eigenvalue weighted by Gasteiger charge is 2.30. The van der Waals surface area contributed by atoms with Gasteiger partial charge in [0.15, 0.2) is 6.54 Å². The molecule has 0 saturated carbocycles. The van der Waals surface area contributed by atoms with Gasteiger partial charge in [-0.3, -0.25) is 4.79 Å². The Morgan fingerprint density at radius 2 is 1.71 bits per heavy atom. The summed E-state index contributed by atoms with van der Waals surface area (Å²) in [5.41, 5.74) is 1.54. The van der Waals surface area contributed by atoms with Gasteiger partial charge in [0, 0.05) is 11.3 Å². The van der Waals surface area contributed by atoms with E-state index in [1.165, 1.54) is 12.1 Å². The summed E-state index contributed by atoms with van der Waals surface area (Å²) in [5, 5.41) is 2.65. The Balaban J connectivity index is 1.83. The molecule has 1 atom stereocenters. The highest BCUT2D eigenvalue weighted by molar-refractivity contribution is 5.91. The summed E-state index contributed by atoms with van der Waals surface area (Å²) in [4.78, 5) is 13.0. The number of carbonyl (C=O) groups excluding carboxylic acids is 1. The Morgan fingerprint density at radius 1 is 1.08 bits per heavy atom. The number of amides is 1. The van der Waals surface area contributed by atoms with Gasteiger partial charge in [0.1, 0.15) is 12.3 Å². The zero-order valence-electron chi connectivity index (χ0n) is 13.1. The molecule has 0 spiro atoms. The van der Waals surface area contributed by atoms with Gasteiger partial charge in [-0.25, -0.2) is 0 Å². The lowest BCUT2D eigenvalue weighted by Gasteiger charge is -2.14. The maximum absolute atomic E-state index is 12.1. The maximum atomic E-state index is 12.1. The summed E-state index contributed by atoms with van der Waals surface area (Å²) in [5.74, 6) is -0.541. The van der Waals surface area contributed by atoms with Crippen molar-refractivity contribution in [3.63, 3.8) is 0 Å². The molecule has 0 radical (unpaired) electrons. The van der Waals surface area contributed by atoms with E-state index < -0.39 is 6.36 Å². The Morgan fingerprint density at radius 3 is 2.29 bits per heavy atom. The SMILES string of the molecule is C[NH+](CC(=O)Nc1ccc(OC(F)(F)F)cc1)Cc1ccccc1. The van der Waals surface area contributed by atoms with Crippen LogP contribution < -0.4 is 15.0 Å². The predicted octanol–water partition coefficient (Wildman–Crippen LogP) is 2.24. The molecule has 0 fully saturated rings. The van der Waals surface area contributed by atoms with Crippen LogP contribution >= 0.6 is 0 Å². The van der Waals surface area contributed by atoms with Crippen molar-refractivity contribution in [3.05, 3.63) is 60.2 Å². The molecule has 2 aromatic rings. The fraction of sp³-hybridized carbons (Fsp3) is 0.235. The molecule has 0 aliphatic carbocycles. The molecule has 7 heteroatoms. The van der Waals surface area contributed by atoms with Gasteiger partial charge in [0.2, 0.25) is 0 Å². The van der Waals surface area contributed by atoms with Gasteiger partial charge in [0.05, 0.1) is 7.05 Å². The molecule has 0 heterocycles. The Hall–Kier alpha value is -2.54. The van der Waals surface area contributed by atoms with Gasteiger partial charge in [0.25, 0.3) is 5.91 Å². The number of nitrogens with one attached hydrogen (secondary N) is 2. The van der Waals surface area contributed by atoms with Crippen molar-refractivity contribution in [1.82, 2.24) is 0 Å². The molecule has 2 N–H and O–H groups in total. The average molecular weight is 339 g/mol. The monoisotopic (exact) mass is 339 g/mol. The number of ether oxygens (including phenoxy) is 1. The minimum Gasteiger partial charge on any atom is -0.406 e. The summed E-state index contributed by atoms with van der Waals surface area (Å²) in [6.07, 6.45) is -4.73. The van der Waals surface area contributed by atoms with Crippen LogP contribution in [0.4, 0.5) is 18.9 Å². The van der Waals surface area contributed by atoms with Crippen molar-refractivity contribution < 1.29 is 27.6 Å². The second-order valence-electron chi connectivity index (χ2n) is 5.42. The van der Waals surface area contributed by atoms with Crippen LogP contribution in [0.1, 0.15) is 5.56 Å². The lowest BCUT2D eigenvalue weighted by molar-refractivity contribution is -0.885. The minimum absolute atomic E-state index is 0.215. The number of halogens is 3. The van der Waals surface area contributed by atoms with Crippen LogP contribution in [0, 0.1) is 0 Å². The highest BCUT2D eigenvalue weighted by atomic mass is 19.4. The highest BCUT2D eigenvalue weighted by Crippen LogP contribution is 2.23. The minimum atomic E-state index is -4.73. The third-order valence-electron chi connectivity index (χ3n) is 3.18. The number of anilines is 1. The number of hydrogen-bond donors (Lipinski definition) is 2. The van der Waals surface area contributed by atoms with Crippen LogP contribution in [-0.2, 0) is 11.3 Å². The molecule has 2 aromatic carbocycles. The van der Waals surface area contributed by atoms with Crippen molar-refractivity contribution in [2.45, 2.75) is 12.9 Å². The molecule has 0 aliphatic heterocycles. The molecule has 24 heavy (non-hydrogen) atoms. The fourth-order valence-corrected chi connectivity index (χ4v) is 2.23. The Bertz CT molecular complexity index is 658. The summed E-state index contributed by atoms with van der Waals surface area (Å²) in [7, 11) is 1.90. The van der Waals surface area contributed by atoms with Crippen LogP contribution in [0.25, 0.3) is 0 Å². The van der Waals surface area contributed by atoms with E-state index in [2.05, 4.69) is 10.1 Å². The molecule has 4 nitrogen and oxygen atoms in total. The fourth-order valence-electron chi connectivity index (χ4n) is 2.23. The zero-order chi connectivity index (χ0) is 17.6. The zero-order valence-corrected chi connectivity index (χ0v) is 13.1. The van der Waals surface area contributed by atoms with Gasteiger partial charge < -0.3 is 15.0 Å². The maximum Gasteiger partial charge on any atom is 0.573 e. The molecule has 0 aromatic heterocycles. The number of carbonyl (C=O) groups is 1. The lowest BCUT2D eigenvalue weighted by atomic mass is 10.2. The molecule has 0 bridgehead atoms. The lowest BCUT2D eigenvalue weighted by Crippen LogP contribution is -3.08. The van der Waals surface area contributed by atoms with Gasteiger partial charge >= 0.3 is 6.36 Å². The van der Waals surface area contributed by atoms with E-state index in [1.807, 2.05) is 37.4 Å². The van der Waals surface area contributed by atoms with Crippen LogP contribution in [0.5, 0.6) is 5.75 Å². The van der Waals surface area contributed by atoms with Crippen molar-refractivity contribution in [2.24, 2.45) is 0 Å². The summed E-state index contributed by atoms with van der Waals surface area (Å²) >= 11 is 0. The summed E-state index contributed by atoms with van der Waals surface area (Å²) in [6, 6.07) is 14.8.